The Morgan fingerprint density at radius 3 is 2.46 bits per heavy atom. The maximum atomic E-state index is 12.1. The topological polar surface area (TPSA) is 74.6 Å². The second kappa shape index (κ2) is 6.04. The van der Waals surface area contributed by atoms with Gasteiger partial charge in [-0.25, -0.2) is 0 Å². The predicted molar refractivity (Wildman–Crippen MR) is 102 cm³/mol. The molecule has 0 aromatic rings. The van der Waals surface area contributed by atoms with E-state index in [4.69, 9.17) is 0 Å². The van der Waals surface area contributed by atoms with Crippen LogP contribution in [0.25, 0.3) is 0 Å². The number of carboxylic acids is 1. The summed E-state index contributed by atoms with van der Waals surface area (Å²) in [5.41, 5.74) is -0.680. The highest BCUT2D eigenvalue weighted by Gasteiger charge is 2.68. The zero-order valence-electron chi connectivity index (χ0n) is 16.4. The summed E-state index contributed by atoms with van der Waals surface area (Å²) >= 11 is 0. The summed E-state index contributed by atoms with van der Waals surface area (Å²) in [7, 11) is -0.876. The van der Waals surface area contributed by atoms with E-state index in [9.17, 15) is 19.2 Å². The molecule has 0 saturated heterocycles. The van der Waals surface area contributed by atoms with E-state index in [1.54, 1.807) is 6.26 Å². The van der Waals surface area contributed by atoms with E-state index in [0.717, 1.165) is 51.4 Å². The first kappa shape index (κ1) is 18.9. The van der Waals surface area contributed by atoms with Crippen LogP contribution in [0, 0.1) is 39.9 Å². The smallest absolute Gasteiger partial charge is 0.309 e. The third-order valence-electron chi connectivity index (χ3n) is 9.40. The highest BCUT2D eigenvalue weighted by Crippen LogP contribution is 2.72. The predicted octanol–water partition coefficient (Wildman–Crippen LogP) is 3.45. The zero-order valence-corrected chi connectivity index (χ0v) is 17.2. The van der Waals surface area contributed by atoms with E-state index in [0.29, 0.717) is 17.6 Å². The number of fused-ring (bicyclic) bond motifs is 3. The maximum absolute atomic E-state index is 12.1. The van der Waals surface area contributed by atoms with Crippen molar-refractivity contribution in [1.82, 2.24) is 0 Å². The van der Waals surface area contributed by atoms with Gasteiger partial charge in [-0.1, -0.05) is 13.3 Å². The largest absolute Gasteiger partial charge is 0.481 e. The van der Waals surface area contributed by atoms with E-state index in [1.165, 1.54) is 0 Å². The number of aliphatic carboxylic acids is 1. The molecule has 4 nitrogen and oxygen atoms in total. The van der Waals surface area contributed by atoms with Crippen LogP contribution in [-0.2, 0) is 15.6 Å². The second-order valence-electron chi connectivity index (χ2n) is 10.3. The normalized spacial score (nSPS) is 54.2. The van der Waals surface area contributed by atoms with Gasteiger partial charge in [0.1, 0.15) is 0 Å². The molecule has 0 unspecified atom stereocenters. The molecule has 0 amide bonds. The standard InChI is InChI=1S/C21H34O4S/c1-19-7-4-8-20(2,18(23)24)15(19)6-10-21-9-5-13(11-16(19)21)14(17(21)22)12-26(3)25/h13-17,22H,4-12H2,1-3H3,(H,23,24)/t13-,14-,15-,16-,17+,19+,20-,21-,26+/m0/s1. The summed E-state index contributed by atoms with van der Waals surface area (Å²) in [6.07, 6.45) is 9.42. The molecule has 5 fully saturated rings. The molecule has 148 valence electrons. The Kier molecular flexibility index (Phi) is 4.39. The van der Waals surface area contributed by atoms with Crippen LogP contribution in [-0.4, -0.2) is 38.5 Å². The van der Waals surface area contributed by atoms with Crippen molar-refractivity contribution in [1.29, 1.82) is 0 Å². The minimum absolute atomic E-state index is 0.0135. The fourth-order valence-electron chi connectivity index (χ4n) is 8.23. The molecule has 1 spiro atoms. The molecule has 2 bridgehead atoms. The third-order valence-corrected chi connectivity index (χ3v) is 10.3. The van der Waals surface area contributed by atoms with Gasteiger partial charge in [0.2, 0.25) is 0 Å². The fourth-order valence-corrected chi connectivity index (χ4v) is 9.23. The SMILES string of the molecule is C[S@@](=O)C[C@H]1[C@H]2CC[C@@]3(CC[C@H]4[C@@](C)(CCC[C@]4(C)C(=O)O)[C@@H]3C2)[C@@H]1O. The first-order valence-corrected chi connectivity index (χ1v) is 12.1. The lowest BCUT2D eigenvalue weighted by Gasteiger charge is -2.69. The Morgan fingerprint density at radius 1 is 1.12 bits per heavy atom. The average molecular weight is 383 g/mol. The number of carboxylic acid groups (broad SMARTS) is 1. The van der Waals surface area contributed by atoms with Gasteiger partial charge in [-0.05, 0) is 86.4 Å². The molecular weight excluding hydrogens is 348 g/mol. The van der Waals surface area contributed by atoms with Crippen molar-refractivity contribution in [2.75, 3.05) is 12.0 Å². The Hall–Kier alpha value is -0.420. The quantitative estimate of drug-likeness (QED) is 0.784. The number of aliphatic hydroxyl groups is 1. The number of aliphatic hydroxyl groups excluding tert-OH is 1. The van der Waals surface area contributed by atoms with Crippen molar-refractivity contribution in [3.8, 4) is 0 Å². The van der Waals surface area contributed by atoms with Gasteiger partial charge in [0, 0.05) is 22.8 Å². The van der Waals surface area contributed by atoms with Crippen molar-refractivity contribution in [3.63, 3.8) is 0 Å². The number of rotatable bonds is 3. The Morgan fingerprint density at radius 2 is 1.81 bits per heavy atom. The monoisotopic (exact) mass is 382 g/mol. The lowest BCUT2D eigenvalue weighted by atomic mass is 9.35. The van der Waals surface area contributed by atoms with Gasteiger partial charge in [-0.3, -0.25) is 9.00 Å². The van der Waals surface area contributed by atoms with Crippen LogP contribution >= 0.6 is 0 Å². The number of hydrogen-bond donors (Lipinski definition) is 2. The molecule has 5 aliphatic rings. The van der Waals surface area contributed by atoms with E-state index < -0.39 is 22.2 Å². The van der Waals surface area contributed by atoms with Gasteiger partial charge in [0.25, 0.3) is 0 Å². The summed E-state index contributed by atoms with van der Waals surface area (Å²) in [6, 6.07) is 0. The van der Waals surface area contributed by atoms with E-state index >= 15 is 0 Å². The van der Waals surface area contributed by atoms with E-state index in [-0.39, 0.29) is 28.8 Å². The van der Waals surface area contributed by atoms with E-state index in [1.807, 2.05) is 6.92 Å². The first-order chi connectivity index (χ1) is 12.1. The van der Waals surface area contributed by atoms with Crippen LogP contribution in [0.15, 0.2) is 0 Å². The highest BCUT2D eigenvalue weighted by atomic mass is 32.2. The summed E-state index contributed by atoms with van der Waals surface area (Å²) in [6.45, 7) is 4.31. The Bertz CT molecular complexity index is 636. The second-order valence-corrected chi connectivity index (χ2v) is 11.8. The Balaban J connectivity index is 1.71. The van der Waals surface area contributed by atoms with Crippen LogP contribution in [0.1, 0.15) is 65.2 Å². The summed E-state index contributed by atoms with van der Waals surface area (Å²) < 4.78 is 11.9. The van der Waals surface area contributed by atoms with Crippen molar-refractivity contribution in [2.24, 2.45) is 39.9 Å². The van der Waals surface area contributed by atoms with Gasteiger partial charge >= 0.3 is 5.97 Å². The molecule has 0 radical (unpaired) electrons. The molecule has 5 rings (SSSR count). The summed E-state index contributed by atoms with van der Waals surface area (Å²) in [5, 5.41) is 21.4. The molecule has 26 heavy (non-hydrogen) atoms. The molecule has 5 saturated carbocycles. The van der Waals surface area contributed by atoms with Gasteiger partial charge in [-0.2, -0.15) is 0 Å². The van der Waals surface area contributed by atoms with Crippen LogP contribution in [0.5, 0.6) is 0 Å². The van der Waals surface area contributed by atoms with Crippen LogP contribution in [0.3, 0.4) is 0 Å². The van der Waals surface area contributed by atoms with Crippen molar-refractivity contribution < 1.29 is 19.2 Å². The molecule has 9 atom stereocenters. The molecule has 5 heteroatoms. The molecule has 0 aromatic carbocycles. The van der Waals surface area contributed by atoms with E-state index in [2.05, 4.69) is 6.92 Å². The maximum Gasteiger partial charge on any atom is 0.309 e. The minimum Gasteiger partial charge on any atom is -0.481 e. The van der Waals surface area contributed by atoms with Gasteiger partial charge in [0.15, 0.2) is 0 Å². The fraction of sp³-hybridized carbons (Fsp3) is 0.952. The zero-order chi connectivity index (χ0) is 18.9. The molecule has 0 heterocycles. The number of carbonyl (C=O) groups is 1. The lowest BCUT2D eigenvalue weighted by Crippen LogP contribution is -2.67. The van der Waals surface area contributed by atoms with Gasteiger partial charge < -0.3 is 10.2 Å². The molecule has 5 aliphatic carbocycles. The molecule has 0 aromatic heterocycles. The van der Waals surface area contributed by atoms with Crippen LogP contribution in [0.4, 0.5) is 0 Å². The Labute approximate surface area is 159 Å². The van der Waals surface area contributed by atoms with Crippen LogP contribution < -0.4 is 0 Å². The number of hydrogen-bond acceptors (Lipinski definition) is 3. The summed E-state index contributed by atoms with van der Waals surface area (Å²) in [5.74, 6) is 1.23. The van der Waals surface area contributed by atoms with Crippen molar-refractivity contribution >= 4 is 16.8 Å². The highest BCUT2D eigenvalue weighted by molar-refractivity contribution is 7.84. The molecule has 2 N–H and O–H groups in total. The van der Waals surface area contributed by atoms with Gasteiger partial charge in [-0.15, -0.1) is 0 Å². The van der Waals surface area contributed by atoms with Crippen molar-refractivity contribution in [3.05, 3.63) is 0 Å². The minimum atomic E-state index is -0.876. The van der Waals surface area contributed by atoms with Gasteiger partial charge in [0.05, 0.1) is 11.5 Å². The van der Waals surface area contributed by atoms with Crippen molar-refractivity contribution in [2.45, 2.75) is 71.3 Å². The third kappa shape index (κ3) is 2.35. The summed E-state index contributed by atoms with van der Waals surface area (Å²) in [4.78, 5) is 12.1. The average Bonchev–Trinajstić information content (AvgIpc) is 2.57. The molecular formula is C21H34O4S. The molecule has 0 aliphatic heterocycles. The van der Waals surface area contributed by atoms with Crippen LogP contribution in [0.2, 0.25) is 0 Å². The first-order valence-electron chi connectivity index (χ1n) is 10.4. The lowest BCUT2D eigenvalue weighted by molar-refractivity contribution is -0.241.